The molecule has 4 N–H and O–H groups in total. The Bertz CT molecular complexity index is 189. The number of hydrogen-bond donors (Lipinski definition) is 2. The summed E-state index contributed by atoms with van der Waals surface area (Å²) in [5.41, 5.74) is 11.5. The van der Waals surface area contributed by atoms with Gasteiger partial charge in [0.15, 0.2) is 5.85 Å². The van der Waals surface area contributed by atoms with Crippen molar-refractivity contribution in [3.05, 3.63) is 0 Å². The van der Waals surface area contributed by atoms with Gasteiger partial charge in [-0.05, 0) is 0 Å². The van der Waals surface area contributed by atoms with Crippen LogP contribution in [0.3, 0.4) is 0 Å². The first-order valence-corrected chi connectivity index (χ1v) is 4.95. The van der Waals surface area contributed by atoms with Gasteiger partial charge in [0.05, 0.1) is 25.9 Å². The molecule has 2 atom stereocenters. The van der Waals surface area contributed by atoms with Crippen LogP contribution in [0.25, 0.3) is 0 Å². The second-order valence-corrected chi connectivity index (χ2v) is 3.64. The Hall–Kier alpha value is -0.240. The van der Waals surface area contributed by atoms with Crippen molar-refractivity contribution in [1.82, 2.24) is 0 Å². The van der Waals surface area contributed by atoms with E-state index in [1.807, 2.05) is 0 Å². The van der Waals surface area contributed by atoms with Crippen molar-refractivity contribution in [1.29, 1.82) is 0 Å². The Labute approximate surface area is 89.8 Å². The van der Waals surface area contributed by atoms with Gasteiger partial charge in [-0.3, -0.25) is 11.5 Å². The van der Waals surface area contributed by atoms with Crippen LogP contribution < -0.4 is 11.5 Å². The van der Waals surface area contributed by atoms with Crippen LogP contribution in [-0.4, -0.2) is 52.1 Å². The summed E-state index contributed by atoms with van der Waals surface area (Å²) in [6, 6.07) is 0. The van der Waals surface area contributed by atoms with E-state index in [9.17, 15) is 0 Å². The fraction of sp³-hybridized carbons (Fsp3) is 1.00. The number of hydrogen-bond acceptors (Lipinski definition) is 6. The minimum Gasteiger partial charge on any atom is -0.382 e. The van der Waals surface area contributed by atoms with Crippen LogP contribution in [0.4, 0.5) is 0 Å². The third kappa shape index (κ3) is 3.67. The van der Waals surface area contributed by atoms with Crippen LogP contribution in [0.15, 0.2) is 0 Å². The summed E-state index contributed by atoms with van der Waals surface area (Å²) in [5.74, 6) is -1.23. The smallest absolute Gasteiger partial charge is 0.197 e. The van der Waals surface area contributed by atoms with Crippen LogP contribution >= 0.6 is 0 Å². The quantitative estimate of drug-likeness (QED) is 0.442. The van der Waals surface area contributed by atoms with Gasteiger partial charge in [-0.15, -0.1) is 0 Å². The summed E-state index contributed by atoms with van der Waals surface area (Å²) in [5, 5.41) is 0. The van der Waals surface area contributed by atoms with E-state index >= 15 is 0 Å². The van der Waals surface area contributed by atoms with Crippen LogP contribution in [0.5, 0.6) is 0 Å². The Morgan fingerprint density at radius 1 is 1.27 bits per heavy atom. The first kappa shape index (κ1) is 12.8. The average Bonchev–Trinajstić information content (AvgIpc) is 2.42. The largest absolute Gasteiger partial charge is 0.382 e. The Morgan fingerprint density at radius 3 is 2.60 bits per heavy atom. The van der Waals surface area contributed by atoms with Gasteiger partial charge < -0.3 is 18.9 Å². The summed E-state index contributed by atoms with van der Waals surface area (Å²) in [6.07, 6.45) is 0.232. The molecule has 0 radical (unpaired) electrons. The molecule has 2 unspecified atom stereocenters. The maximum Gasteiger partial charge on any atom is 0.197 e. The zero-order chi connectivity index (χ0) is 11.3. The van der Waals surface area contributed by atoms with E-state index in [0.717, 1.165) is 0 Å². The number of methoxy groups -OCH3 is 2. The molecule has 0 amide bonds. The molecule has 0 aromatic carbocycles. The molecule has 1 aliphatic heterocycles. The highest BCUT2D eigenvalue weighted by molar-refractivity contribution is 4.88. The molecule has 0 saturated carbocycles. The molecule has 0 aromatic heterocycles. The first-order valence-electron chi connectivity index (χ1n) is 4.95. The van der Waals surface area contributed by atoms with Crippen molar-refractivity contribution in [2.75, 3.05) is 34.0 Å². The molecule has 1 heterocycles. The summed E-state index contributed by atoms with van der Waals surface area (Å²) in [4.78, 5) is 0. The van der Waals surface area contributed by atoms with E-state index in [-0.39, 0.29) is 12.2 Å². The average molecular weight is 220 g/mol. The standard InChI is InChI=1S/C9H20N2O4/c1-12-3-4-14-8-5-7(6-13-2)15-9(8,10)11/h7-8H,3-6,10-11H2,1-2H3. The molecule has 6 nitrogen and oxygen atoms in total. The van der Waals surface area contributed by atoms with Gasteiger partial charge in [-0.25, -0.2) is 0 Å². The first-order chi connectivity index (χ1) is 7.10. The highest BCUT2D eigenvalue weighted by atomic mass is 16.6. The van der Waals surface area contributed by atoms with Gasteiger partial charge in [-0.2, -0.15) is 0 Å². The van der Waals surface area contributed by atoms with E-state index in [1.54, 1.807) is 14.2 Å². The summed E-state index contributed by atoms with van der Waals surface area (Å²) in [6.45, 7) is 1.45. The summed E-state index contributed by atoms with van der Waals surface area (Å²) in [7, 11) is 3.22. The predicted octanol–water partition coefficient (Wildman–Crippen LogP) is -0.975. The minimum absolute atomic E-state index is 0.0995. The normalized spacial score (nSPS) is 29.6. The number of ether oxygens (including phenoxy) is 4. The third-order valence-corrected chi connectivity index (χ3v) is 2.31. The van der Waals surface area contributed by atoms with Gasteiger partial charge in [0, 0.05) is 20.6 Å². The highest BCUT2D eigenvalue weighted by Gasteiger charge is 2.43. The second-order valence-electron chi connectivity index (χ2n) is 3.64. The SMILES string of the molecule is COCCOC1CC(COC)OC1(N)N. The lowest BCUT2D eigenvalue weighted by molar-refractivity contribution is -0.109. The van der Waals surface area contributed by atoms with Crippen LogP contribution in [0, 0.1) is 0 Å². The third-order valence-electron chi connectivity index (χ3n) is 2.31. The van der Waals surface area contributed by atoms with E-state index in [0.29, 0.717) is 26.2 Å². The van der Waals surface area contributed by atoms with E-state index < -0.39 is 5.85 Å². The summed E-state index contributed by atoms with van der Waals surface area (Å²) >= 11 is 0. The molecular weight excluding hydrogens is 200 g/mol. The van der Waals surface area contributed by atoms with Gasteiger partial charge in [0.25, 0.3) is 0 Å². The van der Waals surface area contributed by atoms with Crippen LogP contribution in [0.2, 0.25) is 0 Å². The lowest BCUT2D eigenvalue weighted by atomic mass is 10.1. The molecular formula is C9H20N2O4. The second kappa shape index (κ2) is 5.74. The monoisotopic (exact) mass is 220 g/mol. The van der Waals surface area contributed by atoms with Crippen molar-refractivity contribution < 1.29 is 18.9 Å². The number of rotatable bonds is 6. The zero-order valence-electron chi connectivity index (χ0n) is 9.27. The van der Waals surface area contributed by atoms with Gasteiger partial charge >= 0.3 is 0 Å². The van der Waals surface area contributed by atoms with Crippen LogP contribution in [0.1, 0.15) is 6.42 Å². The molecule has 1 rings (SSSR count). The van der Waals surface area contributed by atoms with Crippen molar-refractivity contribution in [2.45, 2.75) is 24.5 Å². The molecule has 0 aromatic rings. The molecule has 1 fully saturated rings. The van der Waals surface area contributed by atoms with E-state index in [2.05, 4.69) is 0 Å². The number of nitrogens with two attached hydrogens (primary N) is 2. The molecule has 1 aliphatic rings. The van der Waals surface area contributed by atoms with E-state index in [1.165, 1.54) is 0 Å². The van der Waals surface area contributed by atoms with Crippen molar-refractivity contribution in [3.8, 4) is 0 Å². The van der Waals surface area contributed by atoms with Crippen molar-refractivity contribution in [3.63, 3.8) is 0 Å². The Kier molecular flexibility index (Phi) is 4.91. The molecule has 1 saturated heterocycles. The maximum atomic E-state index is 5.76. The fourth-order valence-electron chi connectivity index (χ4n) is 1.60. The van der Waals surface area contributed by atoms with Crippen LogP contribution in [-0.2, 0) is 18.9 Å². The Morgan fingerprint density at radius 2 is 2.00 bits per heavy atom. The van der Waals surface area contributed by atoms with Crippen molar-refractivity contribution >= 4 is 0 Å². The Balaban J connectivity index is 2.36. The lowest BCUT2D eigenvalue weighted by Crippen LogP contribution is -2.58. The molecule has 6 heteroatoms. The zero-order valence-corrected chi connectivity index (χ0v) is 9.27. The molecule has 0 aliphatic carbocycles. The predicted molar refractivity (Wildman–Crippen MR) is 54.1 cm³/mol. The molecule has 15 heavy (non-hydrogen) atoms. The van der Waals surface area contributed by atoms with Gasteiger partial charge in [0.1, 0.15) is 6.10 Å². The molecule has 0 bridgehead atoms. The van der Waals surface area contributed by atoms with E-state index in [4.69, 9.17) is 30.4 Å². The topological polar surface area (TPSA) is 89.0 Å². The van der Waals surface area contributed by atoms with Crippen molar-refractivity contribution in [2.24, 2.45) is 11.5 Å². The minimum atomic E-state index is -1.23. The fourth-order valence-corrected chi connectivity index (χ4v) is 1.60. The highest BCUT2D eigenvalue weighted by Crippen LogP contribution is 2.25. The maximum absolute atomic E-state index is 5.76. The van der Waals surface area contributed by atoms with Gasteiger partial charge in [0.2, 0.25) is 0 Å². The molecule has 90 valence electrons. The lowest BCUT2D eigenvalue weighted by Gasteiger charge is -2.25. The molecule has 0 spiro atoms. The summed E-state index contributed by atoms with van der Waals surface area (Å²) < 4.78 is 20.7. The van der Waals surface area contributed by atoms with Gasteiger partial charge in [-0.1, -0.05) is 0 Å².